The van der Waals surface area contributed by atoms with Crippen LogP contribution in [0.25, 0.3) is 0 Å². The van der Waals surface area contributed by atoms with Gasteiger partial charge in [-0.2, -0.15) is 0 Å². The second kappa shape index (κ2) is 6.48. The number of benzene rings is 1. The van der Waals surface area contributed by atoms with E-state index in [-0.39, 0.29) is 48.3 Å². The summed E-state index contributed by atoms with van der Waals surface area (Å²) in [7, 11) is 0. The van der Waals surface area contributed by atoms with Crippen LogP contribution in [0.1, 0.15) is 32.1 Å². The summed E-state index contributed by atoms with van der Waals surface area (Å²) in [5, 5.41) is 2.63. The third kappa shape index (κ3) is 3.25. The molecule has 0 radical (unpaired) electrons. The number of imide groups is 1. The number of halogens is 1. The van der Waals surface area contributed by atoms with Crippen LogP contribution in [0, 0.1) is 17.7 Å². The molecule has 23 heavy (non-hydrogen) atoms. The van der Waals surface area contributed by atoms with Gasteiger partial charge in [-0.1, -0.05) is 12.8 Å². The molecule has 1 aromatic rings. The van der Waals surface area contributed by atoms with Crippen molar-refractivity contribution in [3.05, 3.63) is 30.1 Å². The average Bonchev–Trinajstić information content (AvgIpc) is 2.80. The Morgan fingerprint density at radius 2 is 1.65 bits per heavy atom. The molecule has 1 aliphatic carbocycles. The van der Waals surface area contributed by atoms with Gasteiger partial charge in [0.15, 0.2) is 0 Å². The Morgan fingerprint density at radius 1 is 1.09 bits per heavy atom. The second-order valence-corrected chi connectivity index (χ2v) is 6.13. The predicted molar refractivity (Wildman–Crippen MR) is 81.8 cm³/mol. The molecule has 0 aromatic heterocycles. The SMILES string of the molecule is O=C(CCN1C(=O)C2CCCCC2C1=O)Nc1ccc(F)cc1. The van der Waals surface area contributed by atoms with Gasteiger partial charge in [-0.05, 0) is 37.1 Å². The summed E-state index contributed by atoms with van der Waals surface area (Å²) in [5.41, 5.74) is 0.490. The van der Waals surface area contributed by atoms with Crippen molar-refractivity contribution in [3.8, 4) is 0 Å². The van der Waals surface area contributed by atoms with Crippen LogP contribution in [0.2, 0.25) is 0 Å². The standard InChI is InChI=1S/C17H19FN2O3/c18-11-5-7-12(8-6-11)19-15(21)9-10-20-16(22)13-3-1-2-4-14(13)17(20)23/h5-8,13-14H,1-4,9-10H2,(H,19,21). The summed E-state index contributed by atoms with van der Waals surface area (Å²) in [6.45, 7) is 0.109. The molecule has 0 bridgehead atoms. The maximum Gasteiger partial charge on any atom is 0.233 e. The van der Waals surface area contributed by atoms with Crippen molar-refractivity contribution in [1.82, 2.24) is 4.90 Å². The summed E-state index contributed by atoms with van der Waals surface area (Å²) in [6, 6.07) is 5.45. The molecular formula is C17H19FN2O3. The highest BCUT2D eigenvalue weighted by atomic mass is 19.1. The highest BCUT2D eigenvalue weighted by Gasteiger charge is 2.47. The van der Waals surface area contributed by atoms with E-state index in [0.29, 0.717) is 5.69 Å². The maximum absolute atomic E-state index is 12.8. The number of carbonyl (C=O) groups is 3. The Bertz CT molecular complexity index is 605. The van der Waals surface area contributed by atoms with Gasteiger partial charge >= 0.3 is 0 Å². The predicted octanol–water partition coefficient (Wildman–Crippen LogP) is 2.33. The Kier molecular flexibility index (Phi) is 4.41. The van der Waals surface area contributed by atoms with E-state index in [1.165, 1.54) is 29.2 Å². The van der Waals surface area contributed by atoms with Crippen LogP contribution in [0.5, 0.6) is 0 Å². The molecule has 1 N–H and O–H groups in total. The molecule has 1 aromatic carbocycles. The van der Waals surface area contributed by atoms with E-state index in [1.807, 2.05) is 0 Å². The third-order valence-electron chi connectivity index (χ3n) is 4.62. The minimum Gasteiger partial charge on any atom is -0.326 e. The van der Waals surface area contributed by atoms with Crippen LogP contribution >= 0.6 is 0 Å². The first-order chi connectivity index (χ1) is 11.1. The number of fused-ring (bicyclic) bond motifs is 1. The van der Waals surface area contributed by atoms with Gasteiger partial charge in [-0.3, -0.25) is 19.3 Å². The fourth-order valence-electron chi connectivity index (χ4n) is 3.42. The minimum atomic E-state index is -0.376. The molecule has 1 saturated carbocycles. The zero-order valence-electron chi connectivity index (χ0n) is 12.8. The van der Waals surface area contributed by atoms with Gasteiger partial charge in [0, 0.05) is 18.7 Å². The van der Waals surface area contributed by atoms with Crippen molar-refractivity contribution in [2.45, 2.75) is 32.1 Å². The van der Waals surface area contributed by atoms with Crippen molar-refractivity contribution in [2.24, 2.45) is 11.8 Å². The lowest BCUT2D eigenvalue weighted by Gasteiger charge is -2.19. The van der Waals surface area contributed by atoms with Gasteiger partial charge in [-0.25, -0.2) is 4.39 Å². The lowest BCUT2D eigenvalue weighted by Crippen LogP contribution is -2.34. The van der Waals surface area contributed by atoms with E-state index >= 15 is 0 Å². The minimum absolute atomic E-state index is 0.0499. The molecule has 1 heterocycles. The molecule has 2 unspecified atom stereocenters. The van der Waals surface area contributed by atoms with E-state index in [1.54, 1.807) is 0 Å². The summed E-state index contributed by atoms with van der Waals surface area (Å²) >= 11 is 0. The highest BCUT2D eigenvalue weighted by molar-refractivity contribution is 6.05. The first-order valence-corrected chi connectivity index (χ1v) is 7.97. The molecule has 6 heteroatoms. The number of amides is 3. The fraction of sp³-hybridized carbons (Fsp3) is 0.471. The van der Waals surface area contributed by atoms with E-state index in [0.717, 1.165) is 25.7 Å². The van der Waals surface area contributed by atoms with E-state index < -0.39 is 0 Å². The molecule has 1 aliphatic heterocycles. The smallest absolute Gasteiger partial charge is 0.233 e. The average molecular weight is 318 g/mol. The summed E-state index contributed by atoms with van der Waals surface area (Å²) in [5.74, 6) is -1.30. The highest BCUT2D eigenvalue weighted by Crippen LogP contribution is 2.37. The number of nitrogens with zero attached hydrogens (tertiary/aromatic N) is 1. The Balaban J connectivity index is 1.55. The number of likely N-dealkylation sites (tertiary alicyclic amines) is 1. The Morgan fingerprint density at radius 3 is 2.22 bits per heavy atom. The molecule has 0 spiro atoms. The normalized spacial score (nSPS) is 23.8. The van der Waals surface area contributed by atoms with Gasteiger partial charge in [0.2, 0.25) is 17.7 Å². The van der Waals surface area contributed by atoms with Crippen LogP contribution in [0.15, 0.2) is 24.3 Å². The topological polar surface area (TPSA) is 66.5 Å². The number of hydrogen-bond donors (Lipinski definition) is 1. The Hall–Kier alpha value is -2.24. The summed E-state index contributed by atoms with van der Waals surface area (Å²) in [4.78, 5) is 37.7. The molecule has 2 fully saturated rings. The van der Waals surface area contributed by atoms with Gasteiger partial charge in [-0.15, -0.1) is 0 Å². The van der Waals surface area contributed by atoms with E-state index in [2.05, 4.69) is 5.32 Å². The van der Waals surface area contributed by atoms with Gasteiger partial charge < -0.3 is 5.32 Å². The van der Waals surface area contributed by atoms with Crippen LogP contribution in [0.3, 0.4) is 0 Å². The molecule has 3 rings (SSSR count). The fourth-order valence-corrected chi connectivity index (χ4v) is 3.42. The van der Waals surface area contributed by atoms with Crippen molar-refractivity contribution < 1.29 is 18.8 Å². The first kappa shape index (κ1) is 15.6. The van der Waals surface area contributed by atoms with Gasteiger partial charge in [0.05, 0.1) is 11.8 Å². The monoisotopic (exact) mass is 318 g/mol. The van der Waals surface area contributed by atoms with Crippen LogP contribution in [0.4, 0.5) is 10.1 Å². The molecule has 2 aliphatic rings. The lowest BCUT2D eigenvalue weighted by atomic mass is 9.81. The van der Waals surface area contributed by atoms with Crippen LogP contribution in [-0.4, -0.2) is 29.2 Å². The number of rotatable bonds is 4. The summed E-state index contributed by atoms with van der Waals surface area (Å²) < 4.78 is 12.8. The molecule has 122 valence electrons. The van der Waals surface area contributed by atoms with Crippen molar-refractivity contribution in [1.29, 1.82) is 0 Å². The number of nitrogens with one attached hydrogen (secondary N) is 1. The molecule has 1 saturated heterocycles. The molecule has 3 amide bonds. The van der Waals surface area contributed by atoms with Crippen LogP contribution < -0.4 is 5.32 Å². The molecule has 2 atom stereocenters. The zero-order chi connectivity index (χ0) is 16.4. The van der Waals surface area contributed by atoms with Crippen molar-refractivity contribution in [3.63, 3.8) is 0 Å². The molecular weight excluding hydrogens is 299 g/mol. The first-order valence-electron chi connectivity index (χ1n) is 7.97. The summed E-state index contributed by atoms with van der Waals surface area (Å²) in [6.07, 6.45) is 3.56. The number of anilines is 1. The van der Waals surface area contributed by atoms with Crippen molar-refractivity contribution >= 4 is 23.4 Å². The quantitative estimate of drug-likeness (QED) is 0.867. The Labute approximate surface area is 133 Å². The largest absolute Gasteiger partial charge is 0.326 e. The lowest BCUT2D eigenvalue weighted by molar-refractivity contribution is -0.140. The number of carbonyl (C=O) groups excluding carboxylic acids is 3. The van der Waals surface area contributed by atoms with Gasteiger partial charge in [0.1, 0.15) is 5.82 Å². The maximum atomic E-state index is 12.8. The van der Waals surface area contributed by atoms with Gasteiger partial charge in [0.25, 0.3) is 0 Å². The second-order valence-electron chi connectivity index (χ2n) is 6.13. The van der Waals surface area contributed by atoms with E-state index in [4.69, 9.17) is 0 Å². The van der Waals surface area contributed by atoms with Crippen molar-refractivity contribution in [2.75, 3.05) is 11.9 Å². The number of hydrogen-bond acceptors (Lipinski definition) is 3. The zero-order valence-corrected chi connectivity index (χ0v) is 12.8. The molecule has 5 nitrogen and oxygen atoms in total. The van der Waals surface area contributed by atoms with E-state index in [9.17, 15) is 18.8 Å². The van der Waals surface area contributed by atoms with Crippen LogP contribution in [-0.2, 0) is 14.4 Å². The third-order valence-corrected chi connectivity index (χ3v) is 4.62.